The molecule has 0 atom stereocenters. The summed E-state index contributed by atoms with van der Waals surface area (Å²) in [6, 6.07) is 6.12. The fourth-order valence-corrected chi connectivity index (χ4v) is 3.00. The monoisotopic (exact) mass is 328 g/mol. The van der Waals surface area contributed by atoms with E-state index in [1.807, 2.05) is 30.9 Å². The van der Waals surface area contributed by atoms with Crippen molar-refractivity contribution in [1.29, 1.82) is 0 Å². The molecule has 1 fully saturated rings. The fourth-order valence-electron chi connectivity index (χ4n) is 2.61. The van der Waals surface area contributed by atoms with Gasteiger partial charge in [0.2, 0.25) is 5.91 Å². The lowest BCUT2D eigenvalue weighted by molar-refractivity contribution is -0.135. The Morgan fingerprint density at radius 2 is 2.00 bits per heavy atom. The second-order valence-electron chi connectivity index (χ2n) is 5.85. The van der Waals surface area contributed by atoms with E-state index in [-0.39, 0.29) is 11.8 Å². The largest absolute Gasteiger partial charge is 0.342 e. The van der Waals surface area contributed by atoms with Crippen molar-refractivity contribution in [3.63, 3.8) is 0 Å². The summed E-state index contributed by atoms with van der Waals surface area (Å²) in [7, 11) is 0. The summed E-state index contributed by atoms with van der Waals surface area (Å²) in [6.45, 7) is 6.28. The first kappa shape index (κ1) is 16.6. The van der Waals surface area contributed by atoms with Gasteiger partial charge in [0.1, 0.15) is 0 Å². The highest BCUT2D eigenvalue weighted by Gasteiger charge is 2.23. The third kappa shape index (κ3) is 4.35. The Labute approximate surface area is 136 Å². The molecule has 0 saturated carbocycles. The van der Waals surface area contributed by atoms with Gasteiger partial charge in [-0.05, 0) is 24.5 Å². The average Bonchev–Trinajstić information content (AvgIpc) is 2.48. The van der Waals surface area contributed by atoms with E-state index in [1.165, 1.54) is 0 Å². The van der Waals surface area contributed by atoms with Crippen molar-refractivity contribution in [3.05, 3.63) is 33.8 Å². The Balaban J connectivity index is 1.82. The van der Waals surface area contributed by atoms with E-state index in [2.05, 4.69) is 5.32 Å². The third-order valence-corrected chi connectivity index (χ3v) is 4.77. The van der Waals surface area contributed by atoms with Gasteiger partial charge in [-0.2, -0.15) is 0 Å². The van der Waals surface area contributed by atoms with Crippen LogP contribution < -0.4 is 5.32 Å². The molecule has 116 valence electrons. The topological polar surface area (TPSA) is 32.3 Å². The zero-order valence-electron chi connectivity index (χ0n) is 12.5. The molecule has 21 heavy (non-hydrogen) atoms. The number of hydrogen-bond acceptors (Lipinski definition) is 2. The molecule has 1 aliphatic heterocycles. The Hall–Kier alpha value is -0.770. The van der Waals surface area contributed by atoms with E-state index in [9.17, 15) is 4.79 Å². The number of rotatable bonds is 4. The van der Waals surface area contributed by atoms with E-state index in [1.54, 1.807) is 6.07 Å². The second-order valence-corrected chi connectivity index (χ2v) is 6.63. The lowest BCUT2D eigenvalue weighted by atomic mass is 10.0. The highest BCUT2D eigenvalue weighted by Crippen LogP contribution is 2.25. The van der Waals surface area contributed by atoms with Gasteiger partial charge in [-0.3, -0.25) is 4.79 Å². The molecule has 0 unspecified atom stereocenters. The number of amides is 1. The Bertz CT molecular complexity index is 497. The van der Waals surface area contributed by atoms with Gasteiger partial charge in [0, 0.05) is 31.6 Å². The summed E-state index contributed by atoms with van der Waals surface area (Å²) in [6.07, 6.45) is 1.97. The normalized spacial score (nSPS) is 16.5. The standard InChI is InChI=1S/C16H22Cl2N2O/c1-11(2)16(21)20-8-6-13(7-9-20)19-10-12-4-3-5-14(17)15(12)18/h3-5,11,13,19H,6-10H2,1-2H3. The van der Waals surface area contributed by atoms with Gasteiger partial charge in [-0.15, -0.1) is 0 Å². The first-order valence-corrected chi connectivity index (χ1v) is 8.19. The van der Waals surface area contributed by atoms with Crippen LogP contribution >= 0.6 is 23.2 Å². The van der Waals surface area contributed by atoms with Gasteiger partial charge in [-0.1, -0.05) is 49.2 Å². The third-order valence-electron chi connectivity index (χ3n) is 3.91. The molecule has 5 heteroatoms. The Morgan fingerprint density at radius 3 is 2.62 bits per heavy atom. The first-order valence-electron chi connectivity index (χ1n) is 7.44. The van der Waals surface area contributed by atoms with Crippen molar-refractivity contribution in [1.82, 2.24) is 10.2 Å². The van der Waals surface area contributed by atoms with Crippen molar-refractivity contribution in [2.45, 2.75) is 39.3 Å². The van der Waals surface area contributed by atoms with Crippen LogP contribution in [0.25, 0.3) is 0 Å². The maximum atomic E-state index is 11.9. The van der Waals surface area contributed by atoms with Crippen molar-refractivity contribution < 1.29 is 4.79 Å². The quantitative estimate of drug-likeness (QED) is 0.913. The van der Waals surface area contributed by atoms with Crippen molar-refractivity contribution >= 4 is 29.1 Å². The number of carbonyl (C=O) groups is 1. The summed E-state index contributed by atoms with van der Waals surface area (Å²) >= 11 is 12.2. The lowest BCUT2D eigenvalue weighted by Gasteiger charge is -2.33. The maximum Gasteiger partial charge on any atom is 0.225 e. The summed E-state index contributed by atoms with van der Waals surface area (Å²) in [5.74, 6) is 0.339. The van der Waals surface area contributed by atoms with E-state index in [0.717, 1.165) is 31.5 Å². The molecule has 1 saturated heterocycles. The molecular formula is C16H22Cl2N2O. The molecule has 1 heterocycles. The van der Waals surface area contributed by atoms with Crippen molar-refractivity contribution in [3.8, 4) is 0 Å². The number of hydrogen-bond donors (Lipinski definition) is 1. The predicted molar refractivity (Wildman–Crippen MR) is 87.7 cm³/mol. The minimum absolute atomic E-state index is 0.0831. The van der Waals surface area contributed by atoms with E-state index >= 15 is 0 Å². The van der Waals surface area contributed by atoms with Crippen LogP contribution in [0.5, 0.6) is 0 Å². The van der Waals surface area contributed by atoms with Crippen LogP contribution in [0, 0.1) is 5.92 Å². The SMILES string of the molecule is CC(C)C(=O)N1CCC(NCc2cccc(Cl)c2Cl)CC1. The highest BCUT2D eigenvalue weighted by atomic mass is 35.5. The molecule has 0 spiro atoms. The first-order chi connectivity index (χ1) is 9.99. The maximum absolute atomic E-state index is 11.9. The van der Waals surface area contributed by atoms with Crippen LogP contribution in [-0.4, -0.2) is 29.9 Å². The molecule has 3 nitrogen and oxygen atoms in total. The van der Waals surface area contributed by atoms with E-state index in [4.69, 9.17) is 23.2 Å². The zero-order chi connectivity index (χ0) is 15.4. The van der Waals surface area contributed by atoms with Gasteiger partial charge in [0.05, 0.1) is 10.0 Å². The Morgan fingerprint density at radius 1 is 1.33 bits per heavy atom. The average molecular weight is 329 g/mol. The number of likely N-dealkylation sites (tertiary alicyclic amines) is 1. The van der Waals surface area contributed by atoms with Crippen LogP contribution in [0.15, 0.2) is 18.2 Å². The molecule has 0 aliphatic carbocycles. The lowest BCUT2D eigenvalue weighted by Crippen LogP contribution is -2.46. The van der Waals surface area contributed by atoms with Crippen LogP contribution in [-0.2, 0) is 11.3 Å². The minimum atomic E-state index is 0.0831. The smallest absolute Gasteiger partial charge is 0.225 e. The number of piperidine rings is 1. The number of benzene rings is 1. The predicted octanol–water partition coefficient (Wildman–Crippen LogP) is 3.73. The summed E-state index contributed by atoms with van der Waals surface area (Å²) in [4.78, 5) is 13.9. The minimum Gasteiger partial charge on any atom is -0.342 e. The zero-order valence-corrected chi connectivity index (χ0v) is 14.0. The molecule has 1 aromatic rings. The number of carbonyl (C=O) groups excluding carboxylic acids is 1. The molecular weight excluding hydrogens is 307 g/mol. The molecule has 0 radical (unpaired) electrons. The van der Waals surface area contributed by atoms with Gasteiger partial charge >= 0.3 is 0 Å². The van der Waals surface area contributed by atoms with Gasteiger partial charge in [-0.25, -0.2) is 0 Å². The second kappa shape index (κ2) is 7.48. The van der Waals surface area contributed by atoms with Gasteiger partial charge in [0.15, 0.2) is 0 Å². The summed E-state index contributed by atoms with van der Waals surface area (Å²) in [5, 5.41) is 4.73. The molecule has 1 amide bonds. The van der Waals surface area contributed by atoms with E-state index in [0.29, 0.717) is 22.6 Å². The van der Waals surface area contributed by atoms with Crippen LogP contribution in [0.3, 0.4) is 0 Å². The van der Waals surface area contributed by atoms with Gasteiger partial charge in [0.25, 0.3) is 0 Å². The summed E-state index contributed by atoms with van der Waals surface area (Å²) in [5.41, 5.74) is 1.02. The van der Waals surface area contributed by atoms with Crippen molar-refractivity contribution in [2.24, 2.45) is 5.92 Å². The number of nitrogens with one attached hydrogen (secondary N) is 1. The Kier molecular flexibility index (Phi) is 5.91. The fraction of sp³-hybridized carbons (Fsp3) is 0.562. The molecule has 2 rings (SSSR count). The van der Waals surface area contributed by atoms with Crippen molar-refractivity contribution in [2.75, 3.05) is 13.1 Å². The molecule has 1 aliphatic rings. The van der Waals surface area contributed by atoms with Crippen LogP contribution in [0.2, 0.25) is 10.0 Å². The van der Waals surface area contributed by atoms with E-state index < -0.39 is 0 Å². The highest BCUT2D eigenvalue weighted by molar-refractivity contribution is 6.42. The number of halogens is 2. The molecule has 0 aromatic heterocycles. The van der Waals surface area contributed by atoms with Crippen LogP contribution in [0.1, 0.15) is 32.3 Å². The van der Waals surface area contributed by atoms with Crippen LogP contribution in [0.4, 0.5) is 0 Å². The summed E-state index contributed by atoms with van der Waals surface area (Å²) < 4.78 is 0. The van der Waals surface area contributed by atoms with Gasteiger partial charge < -0.3 is 10.2 Å². The molecule has 1 N–H and O–H groups in total. The molecule has 0 bridgehead atoms. The molecule has 1 aromatic carbocycles. The number of nitrogens with zero attached hydrogens (tertiary/aromatic N) is 1.